The van der Waals surface area contributed by atoms with E-state index >= 15 is 0 Å². The van der Waals surface area contributed by atoms with Gasteiger partial charge in [0.05, 0.1) is 0 Å². The predicted octanol–water partition coefficient (Wildman–Crippen LogP) is 2.75. The van der Waals surface area contributed by atoms with Crippen LogP contribution in [0.4, 0.5) is 0 Å². The van der Waals surface area contributed by atoms with E-state index in [4.69, 9.17) is 5.11 Å². The van der Waals surface area contributed by atoms with Crippen molar-refractivity contribution in [2.75, 3.05) is 0 Å². The van der Waals surface area contributed by atoms with Crippen LogP contribution in [0.1, 0.15) is 35.6 Å². The summed E-state index contributed by atoms with van der Waals surface area (Å²) < 4.78 is 0. The van der Waals surface area contributed by atoms with Gasteiger partial charge in [0.25, 0.3) is 0 Å². The molecule has 1 unspecified atom stereocenters. The molecule has 0 fully saturated rings. The van der Waals surface area contributed by atoms with Crippen LogP contribution in [0.3, 0.4) is 0 Å². The number of aliphatic carboxylic acids is 1. The number of carbonyl (C=O) groups excluding carboxylic acids is 1. The van der Waals surface area contributed by atoms with Crippen molar-refractivity contribution >= 4 is 24.4 Å². The summed E-state index contributed by atoms with van der Waals surface area (Å²) in [6, 6.07) is 3.99. The van der Waals surface area contributed by atoms with Gasteiger partial charge in [-0.15, -0.1) is 0 Å². The Hall–Kier alpha value is -1.29. The van der Waals surface area contributed by atoms with Gasteiger partial charge < -0.3 is 9.90 Å². The second kappa shape index (κ2) is 6.75. The molecule has 0 aliphatic carbocycles. The van der Waals surface area contributed by atoms with E-state index in [-0.39, 0.29) is 5.78 Å². The number of aryl methyl sites for hydroxylation is 2. The summed E-state index contributed by atoms with van der Waals surface area (Å²) in [6.07, 6.45) is 1.70. The van der Waals surface area contributed by atoms with E-state index < -0.39 is 11.2 Å². The molecule has 0 spiro atoms. The van der Waals surface area contributed by atoms with Crippen LogP contribution in [0, 0.1) is 13.8 Å². The van der Waals surface area contributed by atoms with Crippen LogP contribution >= 0.6 is 12.6 Å². The average Bonchev–Trinajstić information content (AvgIpc) is 2.27. The quantitative estimate of drug-likeness (QED) is 0.788. The highest BCUT2D eigenvalue weighted by Crippen LogP contribution is 2.20. The van der Waals surface area contributed by atoms with E-state index in [1.165, 1.54) is 5.56 Å². The summed E-state index contributed by atoms with van der Waals surface area (Å²) in [7, 11) is 0. The van der Waals surface area contributed by atoms with Crippen LogP contribution in [0.2, 0.25) is 0 Å². The Morgan fingerprint density at radius 2 is 1.79 bits per heavy atom. The molecule has 0 aromatic heterocycles. The summed E-state index contributed by atoms with van der Waals surface area (Å²) >= 11 is 4.05. The van der Waals surface area contributed by atoms with Gasteiger partial charge in [0.1, 0.15) is 11.0 Å². The number of carboxylic acids is 1. The van der Waals surface area contributed by atoms with Gasteiger partial charge in [0.15, 0.2) is 0 Å². The molecule has 104 valence electrons. The van der Waals surface area contributed by atoms with Gasteiger partial charge in [-0.1, -0.05) is 12.1 Å². The second-order valence-corrected chi connectivity index (χ2v) is 5.59. The number of carbonyl (C=O) groups is 2. The van der Waals surface area contributed by atoms with Crippen LogP contribution in [0.15, 0.2) is 12.1 Å². The minimum Gasteiger partial charge on any atom is -0.480 e. The second-order valence-electron chi connectivity index (χ2n) is 4.97. The summed E-state index contributed by atoms with van der Waals surface area (Å²) in [5.41, 5.74) is 4.39. The Kier molecular flexibility index (Phi) is 5.60. The fourth-order valence-corrected chi connectivity index (χ4v) is 2.42. The van der Waals surface area contributed by atoms with Crippen molar-refractivity contribution < 1.29 is 14.7 Å². The molecule has 0 amide bonds. The zero-order chi connectivity index (χ0) is 14.6. The first-order valence-electron chi connectivity index (χ1n) is 6.30. The van der Waals surface area contributed by atoms with Gasteiger partial charge in [-0.25, -0.2) is 0 Å². The highest BCUT2D eigenvalue weighted by atomic mass is 32.1. The molecule has 19 heavy (non-hydrogen) atoms. The van der Waals surface area contributed by atoms with Crippen molar-refractivity contribution in [1.29, 1.82) is 0 Å². The van der Waals surface area contributed by atoms with E-state index in [1.807, 2.05) is 26.0 Å². The number of carboxylic acid groups (broad SMARTS) is 1. The topological polar surface area (TPSA) is 54.4 Å². The Bertz CT molecular complexity index is 471. The first-order chi connectivity index (χ1) is 8.81. The standard InChI is InChI=1S/C15H20O3S/c1-9-6-12(8-14(19)15(17)18)7-10(2)13(9)5-4-11(3)16/h6-7,14,19H,4-5,8H2,1-3H3,(H,17,18). The molecule has 1 aromatic rings. The summed E-state index contributed by atoms with van der Waals surface area (Å²) in [4.78, 5) is 21.9. The lowest BCUT2D eigenvalue weighted by Gasteiger charge is -2.13. The van der Waals surface area contributed by atoms with Crippen LogP contribution in [0.5, 0.6) is 0 Å². The number of hydrogen-bond acceptors (Lipinski definition) is 3. The number of ketones is 1. The predicted molar refractivity (Wildman–Crippen MR) is 79.0 cm³/mol. The van der Waals surface area contributed by atoms with E-state index in [1.54, 1.807) is 6.92 Å². The molecule has 4 heteroatoms. The molecule has 0 aliphatic rings. The monoisotopic (exact) mass is 280 g/mol. The molecule has 0 heterocycles. The molecule has 1 atom stereocenters. The lowest BCUT2D eigenvalue weighted by molar-refractivity contribution is -0.136. The highest BCUT2D eigenvalue weighted by Gasteiger charge is 2.14. The minimum atomic E-state index is -0.903. The summed E-state index contributed by atoms with van der Waals surface area (Å²) in [5.74, 6) is -0.719. The molecule has 1 rings (SSSR count). The molecule has 0 saturated carbocycles. The van der Waals surface area contributed by atoms with E-state index in [9.17, 15) is 9.59 Å². The van der Waals surface area contributed by atoms with E-state index in [2.05, 4.69) is 12.6 Å². The fourth-order valence-electron chi connectivity index (χ4n) is 2.21. The largest absolute Gasteiger partial charge is 0.480 e. The maximum Gasteiger partial charge on any atom is 0.316 e. The fraction of sp³-hybridized carbons (Fsp3) is 0.467. The van der Waals surface area contributed by atoms with Crippen molar-refractivity contribution in [2.45, 2.75) is 45.3 Å². The third kappa shape index (κ3) is 4.71. The molecular formula is C15H20O3S. The van der Waals surface area contributed by atoms with Gasteiger partial charge in [0.2, 0.25) is 0 Å². The number of benzene rings is 1. The first-order valence-corrected chi connectivity index (χ1v) is 6.82. The van der Waals surface area contributed by atoms with Gasteiger partial charge in [-0.3, -0.25) is 4.79 Å². The molecule has 0 aliphatic heterocycles. The SMILES string of the molecule is CC(=O)CCc1c(C)cc(CC(S)C(=O)O)cc1C. The summed E-state index contributed by atoms with van der Waals surface area (Å²) in [6.45, 7) is 5.60. The minimum absolute atomic E-state index is 0.184. The highest BCUT2D eigenvalue weighted by molar-refractivity contribution is 7.81. The molecule has 0 saturated heterocycles. The lowest BCUT2D eigenvalue weighted by atomic mass is 9.94. The maximum absolute atomic E-state index is 11.1. The lowest BCUT2D eigenvalue weighted by Crippen LogP contribution is -2.16. The summed E-state index contributed by atoms with van der Waals surface area (Å²) in [5, 5.41) is 8.19. The van der Waals surface area contributed by atoms with Crippen molar-refractivity contribution in [3.8, 4) is 0 Å². The van der Waals surface area contributed by atoms with Crippen LogP contribution in [0.25, 0.3) is 0 Å². The van der Waals surface area contributed by atoms with Crippen molar-refractivity contribution in [1.82, 2.24) is 0 Å². The zero-order valence-corrected chi connectivity index (χ0v) is 12.5. The Morgan fingerprint density at radius 1 is 1.26 bits per heavy atom. The van der Waals surface area contributed by atoms with Crippen LogP contribution in [-0.2, 0) is 22.4 Å². The molecule has 1 N–H and O–H groups in total. The van der Waals surface area contributed by atoms with Crippen molar-refractivity contribution in [3.63, 3.8) is 0 Å². The number of Topliss-reactive ketones (excluding diaryl/α,β-unsaturated/α-hetero) is 1. The number of rotatable bonds is 6. The molecular weight excluding hydrogens is 260 g/mol. The zero-order valence-electron chi connectivity index (χ0n) is 11.6. The van der Waals surface area contributed by atoms with Crippen molar-refractivity contribution in [3.05, 3.63) is 34.4 Å². The first kappa shape index (κ1) is 15.8. The van der Waals surface area contributed by atoms with Crippen molar-refractivity contribution in [2.24, 2.45) is 0 Å². The Labute approximate surface area is 119 Å². The average molecular weight is 280 g/mol. The third-order valence-corrected chi connectivity index (χ3v) is 3.60. The normalized spacial score (nSPS) is 12.2. The molecule has 0 bridgehead atoms. The van der Waals surface area contributed by atoms with Crippen LogP contribution in [-0.4, -0.2) is 22.1 Å². The van der Waals surface area contributed by atoms with Gasteiger partial charge in [-0.05, 0) is 55.9 Å². The van der Waals surface area contributed by atoms with Gasteiger partial charge in [-0.2, -0.15) is 12.6 Å². The van der Waals surface area contributed by atoms with Gasteiger partial charge in [0, 0.05) is 6.42 Å². The van der Waals surface area contributed by atoms with Gasteiger partial charge >= 0.3 is 5.97 Å². The number of hydrogen-bond donors (Lipinski definition) is 2. The number of thiol groups is 1. The third-order valence-electron chi connectivity index (χ3n) is 3.20. The molecule has 0 radical (unpaired) electrons. The Balaban J connectivity index is 2.90. The molecule has 3 nitrogen and oxygen atoms in total. The van der Waals surface area contributed by atoms with E-state index in [0.717, 1.165) is 23.1 Å². The Morgan fingerprint density at radius 3 is 2.21 bits per heavy atom. The van der Waals surface area contributed by atoms with E-state index in [0.29, 0.717) is 12.8 Å². The smallest absolute Gasteiger partial charge is 0.316 e. The maximum atomic E-state index is 11.1. The molecule has 1 aromatic carbocycles. The van der Waals surface area contributed by atoms with Crippen LogP contribution < -0.4 is 0 Å².